The zero-order valence-electron chi connectivity index (χ0n) is 31.3. The Balaban J connectivity index is 0.771. The molecule has 5 amide bonds. The number of amides is 5. The van der Waals surface area contributed by atoms with Gasteiger partial charge in [0, 0.05) is 82.1 Å². The monoisotopic (exact) mass is 797 g/mol. The van der Waals surface area contributed by atoms with Crippen molar-refractivity contribution in [3.05, 3.63) is 76.0 Å². The number of carbonyl (C=O) groups excluding carboxylic acids is 4. The van der Waals surface area contributed by atoms with Crippen LogP contribution < -0.4 is 30.7 Å². The molecule has 2 bridgehead atoms. The Morgan fingerprint density at radius 1 is 0.964 bits per heavy atom. The van der Waals surface area contributed by atoms with E-state index in [1.807, 2.05) is 56.3 Å². The van der Waals surface area contributed by atoms with Crippen molar-refractivity contribution in [2.75, 3.05) is 77.7 Å². The largest absolute Gasteiger partial charge is 0.365 e. The van der Waals surface area contributed by atoms with Crippen LogP contribution in [0.4, 0.5) is 38.6 Å². The molecule has 4 aliphatic heterocycles. The maximum Gasteiger partial charge on any atom is 0.328 e. The van der Waals surface area contributed by atoms with Crippen LogP contribution in [-0.2, 0) is 9.59 Å². The van der Waals surface area contributed by atoms with E-state index in [0.29, 0.717) is 51.7 Å². The first kappa shape index (κ1) is 37.6. The second-order valence-corrected chi connectivity index (χ2v) is 16.1. The molecule has 0 radical (unpaired) electrons. The number of hydrogen-bond acceptors (Lipinski definition) is 12. The minimum Gasteiger partial charge on any atom is -0.365 e. The van der Waals surface area contributed by atoms with Crippen LogP contribution in [0.15, 0.2) is 54.7 Å². The van der Waals surface area contributed by atoms with E-state index in [-0.39, 0.29) is 35.8 Å². The minimum atomic E-state index is -0.384. The van der Waals surface area contributed by atoms with Crippen molar-refractivity contribution in [2.45, 2.75) is 51.6 Å². The van der Waals surface area contributed by atoms with E-state index in [2.05, 4.69) is 45.5 Å². The average Bonchev–Trinajstić information content (AvgIpc) is 3.94. The highest BCUT2D eigenvalue weighted by atomic mass is 35.5. The van der Waals surface area contributed by atoms with Gasteiger partial charge in [-0.05, 0) is 69.1 Å². The van der Waals surface area contributed by atoms with Crippen molar-refractivity contribution in [2.24, 2.45) is 0 Å². The summed E-state index contributed by atoms with van der Waals surface area (Å²) < 4.78 is 0. The number of halogens is 1. The van der Waals surface area contributed by atoms with Gasteiger partial charge < -0.3 is 25.3 Å². The van der Waals surface area contributed by atoms with Crippen LogP contribution in [0.25, 0.3) is 0 Å². The number of piperazine rings is 2. The number of hydrogen-bond donors (Lipinski definition) is 3. The third-order valence-electron chi connectivity index (χ3n) is 10.9. The fraction of sp³-hybridized carbons (Fsp3) is 0.410. The zero-order chi connectivity index (χ0) is 38.9. The summed E-state index contributed by atoms with van der Waals surface area (Å²) in [6, 6.07) is 15.4. The van der Waals surface area contributed by atoms with Crippen molar-refractivity contribution in [3.63, 3.8) is 0 Å². The number of thiazole rings is 1. The summed E-state index contributed by atoms with van der Waals surface area (Å²) in [4.78, 5) is 74.8. The van der Waals surface area contributed by atoms with Gasteiger partial charge in [0.25, 0.3) is 5.91 Å². The van der Waals surface area contributed by atoms with Crippen LogP contribution in [0.2, 0.25) is 5.02 Å². The van der Waals surface area contributed by atoms with Gasteiger partial charge in [0.05, 0.1) is 22.9 Å². The van der Waals surface area contributed by atoms with Gasteiger partial charge in [0.2, 0.25) is 11.8 Å². The molecule has 2 aromatic heterocycles. The van der Waals surface area contributed by atoms with Crippen molar-refractivity contribution in [3.8, 4) is 0 Å². The summed E-state index contributed by atoms with van der Waals surface area (Å²) in [5, 5.41) is 9.53. The topological polar surface area (TPSA) is 159 Å². The molecule has 56 heavy (non-hydrogen) atoms. The van der Waals surface area contributed by atoms with Gasteiger partial charge in [-0.25, -0.2) is 19.7 Å². The molecule has 3 N–H and O–H groups in total. The summed E-state index contributed by atoms with van der Waals surface area (Å²) >= 11 is 7.53. The molecule has 0 aliphatic carbocycles. The number of likely N-dealkylation sites (tertiary alicyclic amines) is 1. The Morgan fingerprint density at radius 2 is 1.75 bits per heavy atom. The third-order valence-corrected chi connectivity index (χ3v) is 12.1. The molecule has 6 heterocycles. The van der Waals surface area contributed by atoms with Crippen molar-refractivity contribution >= 4 is 80.5 Å². The molecule has 4 aromatic rings. The molecule has 4 saturated heterocycles. The SMILES string of the molecule is Cc1nc(Nc2ncc(C(=O)Nc3c(C)cccc3Cl)s2)cc(N2CCN(CCCC(=O)N3C[C@@H]4C[C@H]3CN4c3ccc(N4CCC(=O)NC4=O)cc3)CC2)n1. The first-order chi connectivity index (χ1) is 27.1. The summed E-state index contributed by atoms with van der Waals surface area (Å²) in [6.07, 6.45) is 4.16. The van der Waals surface area contributed by atoms with Crippen LogP contribution in [0.1, 0.15) is 46.7 Å². The number of nitrogens with zero attached hydrogens (tertiary/aromatic N) is 8. The number of aromatic nitrogens is 3. The highest BCUT2D eigenvalue weighted by Gasteiger charge is 2.45. The lowest BCUT2D eigenvalue weighted by Crippen LogP contribution is -2.50. The number of carbonyl (C=O) groups is 4. The van der Waals surface area contributed by atoms with Crippen LogP contribution in [0.5, 0.6) is 0 Å². The molecular weight excluding hydrogens is 754 g/mol. The molecule has 15 nitrogen and oxygen atoms in total. The van der Waals surface area contributed by atoms with E-state index in [1.54, 1.807) is 11.0 Å². The smallest absolute Gasteiger partial charge is 0.328 e. The van der Waals surface area contributed by atoms with E-state index in [1.165, 1.54) is 17.5 Å². The average molecular weight is 798 g/mol. The number of imide groups is 1. The van der Waals surface area contributed by atoms with Crippen LogP contribution in [-0.4, -0.2) is 113 Å². The van der Waals surface area contributed by atoms with E-state index < -0.39 is 0 Å². The van der Waals surface area contributed by atoms with E-state index in [9.17, 15) is 19.2 Å². The van der Waals surface area contributed by atoms with Crippen molar-refractivity contribution in [1.82, 2.24) is 30.1 Å². The van der Waals surface area contributed by atoms with Crippen LogP contribution in [0.3, 0.4) is 0 Å². The van der Waals surface area contributed by atoms with Crippen LogP contribution in [0, 0.1) is 13.8 Å². The van der Waals surface area contributed by atoms with Crippen LogP contribution >= 0.6 is 22.9 Å². The van der Waals surface area contributed by atoms with Gasteiger partial charge in [-0.1, -0.05) is 35.1 Å². The lowest BCUT2D eigenvalue weighted by atomic mass is 10.2. The number of para-hydroxylation sites is 1. The molecule has 2 aromatic carbocycles. The number of rotatable bonds is 11. The maximum atomic E-state index is 13.3. The predicted octanol–water partition coefficient (Wildman–Crippen LogP) is 5.04. The highest BCUT2D eigenvalue weighted by Crippen LogP contribution is 2.36. The Labute approximate surface area is 334 Å². The number of aryl methyl sites for hydroxylation is 2. The Morgan fingerprint density at radius 3 is 2.48 bits per heavy atom. The van der Waals surface area contributed by atoms with E-state index in [0.717, 1.165) is 81.4 Å². The highest BCUT2D eigenvalue weighted by molar-refractivity contribution is 7.17. The van der Waals surface area contributed by atoms with Gasteiger partial charge >= 0.3 is 6.03 Å². The molecule has 0 spiro atoms. The molecular formula is C39H44ClN11O4S. The number of nitrogens with one attached hydrogen (secondary N) is 3. The second-order valence-electron chi connectivity index (χ2n) is 14.6. The van der Waals surface area contributed by atoms with Gasteiger partial charge in [-0.3, -0.25) is 29.5 Å². The quantitative estimate of drug-likeness (QED) is 0.187. The number of fused-ring (bicyclic) bond motifs is 2. The minimum absolute atomic E-state index is 0.214. The normalized spacial score (nSPS) is 19.8. The molecule has 8 rings (SSSR count). The third kappa shape index (κ3) is 8.13. The lowest BCUT2D eigenvalue weighted by molar-refractivity contribution is -0.132. The van der Waals surface area contributed by atoms with Gasteiger partial charge in [0.15, 0.2) is 5.13 Å². The molecule has 2 atom stereocenters. The predicted molar refractivity (Wildman–Crippen MR) is 217 cm³/mol. The Kier molecular flexibility index (Phi) is 10.8. The van der Waals surface area contributed by atoms with E-state index >= 15 is 0 Å². The second kappa shape index (κ2) is 16.0. The Hall–Kier alpha value is -5.32. The summed E-state index contributed by atoms with van der Waals surface area (Å²) in [6.45, 7) is 9.91. The molecule has 0 saturated carbocycles. The fourth-order valence-electron chi connectivity index (χ4n) is 8.01. The van der Waals surface area contributed by atoms with Crippen molar-refractivity contribution < 1.29 is 19.2 Å². The first-order valence-corrected chi connectivity index (χ1v) is 20.2. The maximum absolute atomic E-state index is 13.3. The fourth-order valence-corrected chi connectivity index (χ4v) is 9.00. The van der Waals surface area contributed by atoms with E-state index in [4.69, 9.17) is 16.6 Å². The van der Waals surface area contributed by atoms with Gasteiger partial charge in [-0.2, -0.15) is 0 Å². The van der Waals surface area contributed by atoms with Crippen molar-refractivity contribution in [1.29, 1.82) is 0 Å². The summed E-state index contributed by atoms with van der Waals surface area (Å²) in [5.74, 6) is 1.78. The standard InChI is InChI=1S/C39H44ClN11O4S/c1-24-5-3-6-30(40)36(24)46-37(54)31-21-41-38(56-31)44-32-20-33(43-25(2)42-32)48-17-15-47(16-18-48)13-4-7-35(53)51-23-28-19-29(51)22-50(28)27-10-8-26(9-11-27)49-14-12-34(52)45-39(49)55/h3,5-6,8-11,20-21,28-29H,4,7,12-19,22-23H2,1-2H3,(H,46,54)(H,45,52,55)(H,41,42,43,44)/t28-,29-/m0/s1. The number of urea groups is 1. The summed E-state index contributed by atoms with van der Waals surface area (Å²) in [5.41, 5.74) is 3.32. The van der Waals surface area contributed by atoms with Gasteiger partial charge in [0.1, 0.15) is 22.3 Å². The molecule has 4 fully saturated rings. The number of benzene rings is 2. The Bertz CT molecular complexity index is 2120. The zero-order valence-corrected chi connectivity index (χ0v) is 32.9. The number of anilines is 6. The first-order valence-electron chi connectivity index (χ1n) is 19.0. The van der Waals surface area contributed by atoms with Gasteiger partial charge in [-0.15, -0.1) is 0 Å². The lowest BCUT2D eigenvalue weighted by Gasteiger charge is -2.37. The molecule has 4 aliphatic rings. The summed E-state index contributed by atoms with van der Waals surface area (Å²) in [7, 11) is 0. The molecule has 292 valence electrons. The molecule has 0 unspecified atom stereocenters. The molecule has 17 heteroatoms.